The summed E-state index contributed by atoms with van der Waals surface area (Å²) in [4.78, 5) is 0. The Bertz CT molecular complexity index is 60.5. The molecule has 0 aliphatic heterocycles. The van der Waals surface area contributed by atoms with Gasteiger partial charge in [-0.25, -0.2) is 0 Å². The van der Waals surface area contributed by atoms with Crippen LogP contribution in [0.3, 0.4) is 0 Å². The molecule has 1 saturated carbocycles. The largest absolute Gasteiger partial charge is 0.126 e. The van der Waals surface area contributed by atoms with Gasteiger partial charge < -0.3 is 0 Å². The van der Waals surface area contributed by atoms with Gasteiger partial charge in [0.1, 0.15) is 0 Å². The lowest BCUT2D eigenvalue weighted by molar-refractivity contribution is 0.670. The third kappa shape index (κ3) is 1.03. The Kier molecular flexibility index (Phi) is 1.49. The molecule has 0 bridgehead atoms. The molecule has 0 radical (unpaired) electrons. The van der Waals surface area contributed by atoms with Gasteiger partial charge in [0.15, 0.2) is 0 Å². The number of alkyl halides is 2. The van der Waals surface area contributed by atoms with Crippen molar-refractivity contribution >= 4 is 23.2 Å². The Morgan fingerprint density at radius 1 is 1.14 bits per heavy atom. The van der Waals surface area contributed by atoms with Crippen molar-refractivity contribution in [2.75, 3.05) is 11.8 Å². The summed E-state index contributed by atoms with van der Waals surface area (Å²) in [5.74, 6) is 1.49. The van der Waals surface area contributed by atoms with Gasteiger partial charge in [0, 0.05) is 11.8 Å². The van der Waals surface area contributed by atoms with Crippen LogP contribution in [-0.2, 0) is 0 Å². The molecule has 0 nitrogen and oxygen atoms in total. The molecule has 1 aliphatic carbocycles. The summed E-state index contributed by atoms with van der Waals surface area (Å²) in [7, 11) is 0. The zero-order valence-corrected chi connectivity index (χ0v) is 5.60. The molecule has 1 fully saturated rings. The van der Waals surface area contributed by atoms with Crippen LogP contribution in [0.1, 0.15) is 12.8 Å². The molecule has 1 rings (SSSR count). The highest BCUT2D eigenvalue weighted by molar-refractivity contribution is 6.21. The van der Waals surface area contributed by atoms with Crippen LogP contribution in [0.2, 0.25) is 0 Å². The second-order valence-electron chi connectivity index (χ2n) is 2.27. The van der Waals surface area contributed by atoms with Crippen LogP contribution in [0, 0.1) is 5.41 Å². The average molecular weight is 139 g/mol. The third-order valence-corrected chi connectivity index (χ3v) is 2.66. The van der Waals surface area contributed by atoms with Crippen LogP contribution in [0.25, 0.3) is 0 Å². The molecular formula is C5H8Cl2. The molecule has 0 aromatic carbocycles. The molecule has 0 heterocycles. The average Bonchev–Trinajstić information content (AvgIpc) is 2.46. The predicted molar refractivity (Wildman–Crippen MR) is 33.1 cm³/mol. The first-order valence-corrected chi connectivity index (χ1v) is 3.52. The van der Waals surface area contributed by atoms with E-state index in [9.17, 15) is 0 Å². The predicted octanol–water partition coefficient (Wildman–Crippen LogP) is 2.24. The minimum absolute atomic E-state index is 0.364. The van der Waals surface area contributed by atoms with E-state index in [1.807, 2.05) is 0 Å². The summed E-state index contributed by atoms with van der Waals surface area (Å²) < 4.78 is 0. The lowest BCUT2D eigenvalue weighted by Gasteiger charge is -2.01. The maximum absolute atomic E-state index is 5.57. The number of halogens is 2. The fraction of sp³-hybridized carbons (Fsp3) is 1.00. The monoisotopic (exact) mass is 138 g/mol. The second-order valence-corrected chi connectivity index (χ2v) is 2.80. The van der Waals surface area contributed by atoms with E-state index in [-0.39, 0.29) is 0 Å². The first kappa shape index (κ1) is 5.71. The summed E-state index contributed by atoms with van der Waals surface area (Å²) >= 11 is 11.1. The summed E-state index contributed by atoms with van der Waals surface area (Å²) in [5.41, 5.74) is 0.364. The van der Waals surface area contributed by atoms with E-state index in [4.69, 9.17) is 23.2 Å². The quantitative estimate of drug-likeness (QED) is 0.514. The van der Waals surface area contributed by atoms with Crippen molar-refractivity contribution in [1.82, 2.24) is 0 Å². The van der Waals surface area contributed by atoms with Gasteiger partial charge in [-0.15, -0.1) is 23.2 Å². The lowest BCUT2D eigenvalue weighted by atomic mass is 10.2. The van der Waals surface area contributed by atoms with Crippen molar-refractivity contribution in [2.45, 2.75) is 12.8 Å². The van der Waals surface area contributed by atoms with Crippen LogP contribution in [-0.4, -0.2) is 11.8 Å². The van der Waals surface area contributed by atoms with Gasteiger partial charge in [-0.05, 0) is 18.3 Å². The molecule has 1 aliphatic rings. The van der Waals surface area contributed by atoms with E-state index >= 15 is 0 Å². The number of hydrogen-bond donors (Lipinski definition) is 0. The van der Waals surface area contributed by atoms with E-state index in [1.165, 1.54) is 12.8 Å². The van der Waals surface area contributed by atoms with E-state index in [0.29, 0.717) is 5.41 Å². The van der Waals surface area contributed by atoms with Crippen molar-refractivity contribution < 1.29 is 0 Å². The molecule has 0 unspecified atom stereocenters. The standard InChI is InChI=1S/C5H8Cl2/c6-3-5(4-7)1-2-5/h1-4H2. The molecule has 0 aromatic heterocycles. The van der Waals surface area contributed by atoms with Crippen molar-refractivity contribution in [3.05, 3.63) is 0 Å². The highest BCUT2D eigenvalue weighted by Gasteiger charge is 2.40. The van der Waals surface area contributed by atoms with Gasteiger partial charge in [-0.3, -0.25) is 0 Å². The van der Waals surface area contributed by atoms with E-state index in [1.54, 1.807) is 0 Å². The summed E-state index contributed by atoms with van der Waals surface area (Å²) in [6, 6.07) is 0. The van der Waals surface area contributed by atoms with Crippen LogP contribution in [0.4, 0.5) is 0 Å². The minimum atomic E-state index is 0.364. The van der Waals surface area contributed by atoms with Gasteiger partial charge in [-0.1, -0.05) is 0 Å². The molecule has 7 heavy (non-hydrogen) atoms. The Morgan fingerprint density at radius 3 is 1.57 bits per heavy atom. The normalized spacial score (nSPS) is 24.9. The summed E-state index contributed by atoms with van der Waals surface area (Å²) in [6.07, 6.45) is 2.47. The zero-order valence-electron chi connectivity index (χ0n) is 4.08. The molecule has 42 valence electrons. The first-order valence-electron chi connectivity index (χ1n) is 2.45. The third-order valence-electron chi connectivity index (χ3n) is 1.52. The molecule has 0 atom stereocenters. The fourth-order valence-electron chi connectivity index (χ4n) is 0.480. The molecule has 0 spiro atoms. The number of rotatable bonds is 2. The highest BCUT2D eigenvalue weighted by atomic mass is 35.5. The topological polar surface area (TPSA) is 0 Å². The highest BCUT2D eigenvalue weighted by Crippen LogP contribution is 2.47. The summed E-state index contributed by atoms with van der Waals surface area (Å²) in [6.45, 7) is 0. The van der Waals surface area contributed by atoms with Crippen molar-refractivity contribution in [3.63, 3.8) is 0 Å². The van der Waals surface area contributed by atoms with Crippen molar-refractivity contribution in [1.29, 1.82) is 0 Å². The maximum atomic E-state index is 5.57. The molecule has 0 N–H and O–H groups in total. The molecule has 0 amide bonds. The number of hydrogen-bond acceptors (Lipinski definition) is 0. The van der Waals surface area contributed by atoms with E-state index in [0.717, 1.165) is 11.8 Å². The van der Waals surface area contributed by atoms with Crippen LogP contribution in [0.5, 0.6) is 0 Å². The molecule has 2 heteroatoms. The Hall–Kier alpha value is 0.580. The smallest absolute Gasteiger partial charge is 0.0291 e. The van der Waals surface area contributed by atoms with E-state index < -0.39 is 0 Å². The maximum Gasteiger partial charge on any atom is 0.0291 e. The van der Waals surface area contributed by atoms with Crippen LogP contribution >= 0.6 is 23.2 Å². The van der Waals surface area contributed by atoms with Crippen LogP contribution in [0.15, 0.2) is 0 Å². The molecule has 0 aromatic rings. The van der Waals surface area contributed by atoms with Gasteiger partial charge in [0.25, 0.3) is 0 Å². The van der Waals surface area contributed by atoms with Gasteiger partial charge in [0.2, 0.25) is 0 Å². The van der Waals surface area contributed by atoms with Crippen molar-refractivity contribution in [2.24, 2.45) is 5.41 Å². The molecular weight excluding hydrogens is 131 g/mol. The Morgan fingerprint density at radius 2 is 1.57 bits per heavy atom. The SMILES string of the molecule is ClCC1(CCl)CC1. The zero-order chi connectivity index (χ0) is 5.33. The van der Waals surface area contributed by atoms with Crippen LogP contribution < -0.4 is 0 Å². The summed E-state index contributed by atoms with van der Waals surface area (Å²) in [5, 5.41) is 0. The van der Waals surface area contributed by atoms with Gasteiger partial charge in [-0.2, -0.15) is 0 Å². The Balaban J connectivity index is 2.28. The minimum Gasteiger partial charge on any atom is -0.126 e. The van der Waals surface area contributed by atoms with Gasteiger partial charge in [0.05, 0.1) is 0 Å². The van der Waals surface area contributed by atoms with E-state index in [2.05, 4.69) is 0 Å². The Labute approximate surface area is 53.8 Å². The van der Waals surface area contributed by atoms with Gasteiger partial charge >= 0.3 is 0 Å². The second kappa shape index (κ2) is 1.83. The first-order chi connectivity index (χ1) is 3.33. The fourth-order valence-corrected chi connectivity index (χ4v) is 1.30. The van der Waals surface area contributed by atoms with Crippen molar-refractivity contribution in [3.8, 4) is 0 Å². The lowest BCUT2D eigenvalue weighted by Crippen LogP contribution is -2.02. The molecule has 0 saturated heterocycles.